The van der Waals surface area contributed by atoms with E-state index < -0.39 is 10.0 Å². The number of nitrogens with one attached hydrogen (secondary N) is 2. The molecular weight excluding hydrogens is 510 g/mol. The molecule has 1 heterocycles. The maximum atomic E-state index is 11.8. The van der Waals surface area contributed by atoms with Crippen LogP contribution in [0.4, 0.5) is 0 Å². The first-order chi connectivity index (χ1) is 11.8. The number of benzene rings is 1. The third-order valence-corrected chi connectivity index (χ3v) is 6.47. The molecule has 2 rings (SSSR count). The Morgan fingerprint density at radius 2 is 2.12 bits per heavy atom. The summed E-state index contributed by atoms with van der Waals surface area (Å²) in [5.74, 6) is 0.860. The quantitative estimate of drug-likeness (QED) is 0.334. The molecule has 0 aromatic heterocycles. The van der Waals surface area contributed by atoms with Gasteiger partial charge < -0.3 is 10.6 Å². The van der Waals surface area contributed by atoms with Crippen LogP contribution in [0.5, 0.6) is 0 Å². The van der Waals surface area contributed by atoms with Crippen LogP contribution in [0.15, 0.2) is 23.2 Å². The van der Waals surface area contributed by atoms with Gasteiger partial charge in [0.2, 0.25) is 10.0 Å². The van der Waals surface area contributed by atoms with Crippen LogP contribution in [-0.2, 0) is 10.0 Å². The zero-order valence-corrected chi connectivity index (χ0v) is 19.5. The molecule has 148 valence electrons. The van der Waals surface area contributed by atoms with Crippen LogP contribution in [0.25, 0.3) is 0 Å². The van der Waals surface area contributed by atoms with E-state index in [1.54, 1.807) is 12.1 Å². The Labute approximate surface area is 182 Å². The lowest BCUT2D eigenvalue weighted by molar-refractivity contribution is 0.452. The van der Waals surface area contributed by atoms with Gasteiger partial charge >= 0.3 is 0 Å². The second kappa shape index (κ2) is 10.9. The Bertz CT molecular complexity index is 731. The van der Waals surface area contributed by atoms with E-state index >= 15 is 0 Å². The van der Waals surface area contributed by atoms with Crippen molar-refractivity contribution >= 4 is 63.2 Å². The maximum Gasteiger partial charge on any atom is 0.214 e. The SMILES string of the molecule is CCNC(=NCCN1CCCS1(=O)=O)NC(C)c1ccc(Cl)cc1Cl.I. The summed E-state index contributed by atoms with van der Waals surface area (Å²) in [5, 5.41) is 7.63. The molecule has 0 spiro atoms. The lowest BCUT2D eigenvalue weighted by atomic mass is 10.1. The molecule has 1 aliphatic rings. The molecule has 1 fully saturated rings. The van der Waals surface area contributed by atoms with Crippen LogP contribution in [0.3, 0.4) is 0 Å². The van der Waals surface area contributed by atoms with Crippen molar-refractivity contribution in [1.29, 1.82) is 0 Å². The Kier molecular flexibility index (Phi) is 9.95. The molecular formula is C16H25Cl2IN4O2S. The molecule has 1 saturated heterocycles. The summed E-state index contributed by atoms with van der Waals surface area (Å²) in [6, 6.07) is 5.31. The smallest absolute Gasteiger partial charge is 0.214 e. The van der Waals surface area contributed by atoms with Crippen LogP contribution in [-0.4, -0.2) is 50.6 Å². The molecule has 1 atom stereocenters. The van der Waals surface area contributed by atoms with Crippen molar-refractivity contribution in [2.24, 2.45) is 4.99 Å². The standard InChI is InChI=1S/C16H24Cl2N4O2S.HI/c1-3-19-16(20-7-9-22-8-4-10-25(22,23)24)21-12(2)14-6-5-13(17)11-15(14)18;/h5-6,11-12H,3-4,7-10H2,1-2H3,(H2,19,20,21);1H. The number of rotatable bonds is 6. The fourth-order valence-electron chi connectivity index (χ4n) is 2.67. The van der Waals surface area contributed by atoms with Gasteiger partial charge in [-0.05, 0) is 38.0 Å². The van der Waals surface area contributed by atoms with Crippen molar-refractivity contribution in [2.75, 3.05) is 31.9 Å². The highest BCUT2D eigenvalue weighted by Gasteiger charge is 2.27. The van der Waals surface area contributed by atoms with E-state index in [0.717, 1.165) is 5.56 Å². The average Bonchev–Trinajstić information content (AvgIpc) is 2.86. The van der Waals surface area contributed by atoms with E-state index in [2.05, 4.69) is 15.6 Å². The highest BCUT2D eigenvalue weighted by atomic mass is 127. The van der Waals surface area contributed by atoms with Crippen molar-refractivity contribution in [3.63, 3.8) is 0 Å². The van der Waals surface area contributed by atoms with E-state index in [0.29, 0.717) is 48.6 Å². The zero-order chi connectivity index (χ0) is 18.4. The van der Waals surface area contributed by atoms with Gasteiger partial charge in [0.25, 0.3) is 0 Å². The second-order valence-electron chi connectivity index (χ2n) is 5.86. The van der Waals surface area contributed by atoms with E-state index in [1.165, 1.54) is 4.31 Å². The first-order valence-electron chi connectivity index (χ1n) is 8.31. The van der Waals surface area contributed by atoms with Gasteiger partial charge in [0, 0.05) is 29.7 Å². The zero-order valence-electron chi connectivity index (χ0n) is 14.8. The van der Waals surface area contributed by atoms with Crippen LogP contribution >= 0.6 is 47.2 Å². The fraction of sp³-hybridized carbons (Fsp3) is 0.562. The molecule has 26 heavy (non-hydrogen) atoms. The van der Waals surface area contributed by atoms with Gasteiger partial charge in [-0.25, -0.2) is 12.7 Å². The normalized spacial score (nSPS) is 18.2. The van der Waals surface area contributed by atoms with Crippen molar-refractivity contribution in [3.05, 3.63) is 33.8 Å². The molecule has 1 aromatic carbocycles. The van der Waals surface area contributed by atoms with E-state index in [4.69, 9.17) is 23.2 Å². The van der Waals surface area contributed by atoms with Crippen molar-refractivity contribution in [2.45, 2.75) is 26.3 Å². The predicted molar refractivity (Wildman–Crippen MR) is 119 cm³/mol. The van der Waals surface area contributed by atoms with Crippen molar-refractivity contribution in [1.82, 2.24) is 14.9 Å². The third-order valence-electron chi connectivity index (χ3n) is 3.95. The minimum absolute atomic E-state index is 0. The van der Waals surface area contributed by atoms with Crippen molar-refractivity contribution in [3.8, 4) is 0 Å². The van der Waals surface area contributed by atoms with E-state index in [-0.39, 0.29) is 35.8 Å². The van der Waals surface area contributed by atoms with Gasteiger partial charge in [-0.2, -0.15) is 0 Å². The average molecular weight is 535 g/mol. The molecule has 0 amide bonds. The lowest BCUT2D eigenvalue weighted by Gasteiger charge is -2.20. The number of hydrogen-bond donors (Lipinski definition) is 2. The Morgan fingerprint density at radius 3 is 2.69 bits per heavy atom. The first-order valence-corrected chi connectivity index (χ1v) is 10.7. The summed E-state index contributed by atoms with van der Waals surface area (Å²) >= 11 is 12.2. The van der Waals surface area contributed by atoms with Crippen LogP contribution in [0, 0.1) is 0 Å². The van der Waals surface area contributed by atoms with E-state index in [1.807, 2.05) is 19.9 Å². The van der Waals surface area contributed by atoms with Crippen LogP contribution in [0.2, 0.25) is 10.0 Å². The molecule has 1 aromatic rings. The molecule has 1 aliphatic heterocycles. The molecule has 0 saturated carbocycles. The van der Waals surface area contributed by atoms with Crippen LogP contribution in [0.1, 0.15) is 31.9 Å². The van der Waals surface area contributed by atoms with Gasteiger partial charge in [0.05, 0.1) is 18.3 Å². The molecule has 0 radical (unpaired) electrons. The van der Waals surface area contributed by atoms with E-state index in [9.17, 15) is 8.42 Å². The summed E-state index contributed by atoms with van der Waals surface area (Å²) in [5.41, 5.74) is 0.916. The lowest BCUT2D eigenvalue weighted by Crippen LogP contribution is -2.39. The predicted octanol–water partition coefficient (Wildman–Crippen LogP) is 3.26. The monoisotopic (exact) mass is 534 g/mol. The number of guanidine groups is 1. The number of hydrogen-bond acceptors (Lipinski definition) is 3. The third kappa shape index (κ3) is 6.70. The topological polar surface area (TPSA) is 73.8 Å². The van der Waals surface area contributed by atoms with Crippen LogP contribution < -0.4 is 10.6 Å². The van der Waals surface area contributed by atoms with Gasteiger partial charge in [-0.3, -0.25) is 4.99 Å². The molecule has 10 heteroatoms. The van der Waals surface area contributed by atoms with Crippen molar-refractivity contribution < 1.29 is 8.42 Å². The molecule has 1 unspecified atom stereocenters. The summed E-state index contributed by atoms with van der Waals surface area (Å²) in [7, 11) is -3.08. The number of halogens is 3. The second-order valence-corrected chi connectivity index (χ2v) is 8.79. The highest BCUT2D eigenvalue weighted by molar-refractivity contribution is 14.0. The number of sulfonamides is 1. The van der Waals surface area contributed by atoms with Gasteiger partial charge in [-0.15, -0.1) is 24.0 Å². The Balaban J connectivity index is 0.00000338. The Morgan fingerprint density at radius 1 is 1.38 bits per heavy atom. The summed E-state index contributed by atoms with van der Waals surface area (Å²) in [4.78, 5) is 4.47. The summed E-state index contributed by atoms with van der Waals surface area (Å²) in [6.45, 7) is 6.03. The minimum atomic E-state index is -3.08. The number of aliphatic imine (C=N–C) groups is 1. The minimum Gasteiger partial charge on any atom is -0.357 e. The van der Waals surface area contributed by atoms with Gasteiger partial charge in [0.15, 0.2) is 5.96 Å². The van der Waals surface area contributed by atoms with Gasteiger partial charge in [0.1, 0.15) is 0 Å². The molecule has 6 nitrogen and oxygen atoms in total. The largest absolute Gasteiger partial charge is 0.357 e. The first kappa shape index (κ1) is 23.7. The summed E-state index contributed by atoms with van der Waals surface area (Å²) in [6.07, 6.45) is 0.691. The molecule has 2 N–H and O–H groups in total. The van der Waals surface area contributed by atoms with Gasteiger partial charge in [-0.1, -0.05) is 29.3 Å². The molecule has 0 bridgehead atoms. The summed E-state index contributed by atoms with van der Waals surface area (Å²) < 4.78 is 25.1. The maximum absolute atomic E-state index is 11.8. The number of nitrogens with zero attached hydrogens (tertiary/aromatic N) is 2. The Hall–Kier alpha value is -0.290. The highest BCUT2D eigenvalue weighted by Crippen LogP contribution is 2.26. The molecule has 0 aliphatic carbocycles. The fourth-order valence-corrected chi connectivity index (χ4v) is 4.76.